The van der Waals surface area contributed by atoms with E-state index in [1.54, 1.807) is 4.31 Å². The van der Waals surface area contributed by atoms with E-state index in [9.17, 15) is 9.00 Å². The fourth-order valence-electron chi connectivity index (χ4n) is 2.34. The van der Waals surface area contributed by atoms with Crippen molar-refractivity contribution in [3.63, 3.8) is 0 Å². The van der Waals surface area contributed by atoms with Gasteiger partial charge in [-0.1, -0.05) is 0 Å². The first-order valence-electron chi connectivity index (χ1n) is 4.78. The standard InChI is InChI=1S/C8H15N3O2S/c1-14(9,13)11-4-2-3-6-7(11)5-10-8(6)12/h6-7,9H,2-5H2,1H3,(H,10,12). The lowest BCUT2D eigenvalue weighted by molar-refractivity contribution is -0.123. The first kappa shape index (κ1) is 9.92. The lowest BCUT2D eigenvalue weighted by atomic mass is 9.93. The summed E-state index contributed by atoms with van der Waals surface area (Å²) in [5, 5.41) is 2.77. The molecule has 0 aliphatic carbocycles. The zero-order chi connectivity index (χ0) is 10.3. The van der Waals surface area contributed by atoms with Crippen LogP contribution in [0.3, 0.4) is 0 Å². The Hall–Kier alpha value is -0.620. The minimum absolute atomic E-state index is 0.0220. The van der Waals surface area contributed by atoms with Gasteiger partial charge in [-0.05, 0) is 12.8 Å². The molecular weight excluding hydrogens is 202 g/mol. The molecule has 2 heterocycles. The maximum absolute atomic E-state index is 11.6. The van der Waals surface area contributed by atoms with Crippen molar-refractivity contribution in [2.24, 2.45) is 5.92 Å². The molecule has 0 aromatic heterocycles. The van der Waals surface area contributed by atoms with Crippen molar-refractivity contribution in [1.29, 1.82) is 4.78 Å². The Bertz CT molecular complexity index is 352. The third-order valence-corrected chi connectivity index (χ3v) is 4.35. The molecule has 2 rings (SSSR count). The summed E-state index contributed by atoms with van der Waals surface area (Å²) < 4.78 is 20.9. The second-order valence-electron chi connectivity index (χ2n) is 4.00. The molecule has 2 saturated heterocycles. The van der Waals surface area contributed by atoms with Gasteiger partial charge in [-0.3, -0.25) is 4.79 Å². The molecule has 2 N–H and O–H groups in total. The van der Waals surface area contributed by atoms with Crippen molar-refractivity contribution < 1.29 is 9.00 Å². The van der Waals surface area contributed by atoms with Crippen molar-refractivity contribution in [3.8, 4) is 0 Å². The van der Waals surface area contributed by atoms with Crippen LogP contribution in [0.25, 0.3) is 0 Å². The van der Waals surface area contributed by atoms with Gasteiger partial charge in [0, 0.05) is 19.3 Å². The van der Waals surface area contributed by atoms with Crippen molar-refractivity contribution in [2.75, 3.05) is 19.3 Å². The van der Waals surface area contributed by atoms with Crippen LogP contribution in [0.4, 0.5) is 0 Å². The van der Waals surface area contributed by atoms with Crippen LogP contribution < -0.4 is 5.32 Å². The lowest BCUT2D eigenvalue weighted by Crippen LogP contribution is -2.47. The summed E-state index contributed by atoms with van der Waals surface area (Å²) in [4.78, 5) is 11.4. The molecule has 80 valence electrons. The first-order chi connectivity index (χ1) is 6.50. The summed E-state index contributed by atoms with van der Waals surface area (Å²) in [5.41, 5.74) is 0. The highest BCUT2D eigenvalue weighted by molar-refractivity contribution is 7.89. The van der Waals surface area contributed by atoms with Crippen LogP contribution in [0, 0.1) is 10.7 Å². The molecule has 0 radical (unpaired) electrons. The van der Waals surface area contributed by atoms with Gasteiger partial charge in [-0.2, -0.15) is 0 Å². The maximum Gasteiger partial charge on any atom is 0.224 e. The lowest BCUT2D eigenvalue weighted by Gasteiger charge is -2.35. The molecule has 0 spiro atoms. The minimum Gasteiger partial charge on any atom is -0.354 e. The third-order valence-electron chi connectivity index (χ3n) is 3.00. The number of carbonyl (C=O) groups excluding carboxylic acids is 1. The van der Waals surface area contributed by atoms with Crippen LogP contribution in [0.15, 0.2) is 0 Å². The fraction of sp³-hybridized carbons (Fsp3) is 0.875. The van der Waals surface area contributed by atoms with Crippen LogP contribution in [-0.4, -0.2) is 39.8 Å². The topological polar surface area (TPSA) is 73.3 Å². The summed E-state index contributed by atoms with van der Waals surface area (Å²) in [6.45, 7) is 1.22. The number of nitrogens with one attached hydrogen (secondary N) is 2. The quantitative estimate of drug-likeness (QED) is 0.637. The Morgan fingerprint density at radius 3 is 3.00 bits per heavy atom. The van der Waals surface area contributed by atoms with E-state index in [2.05, 4.69) is 5.32 Å². The average molecular weight is 217 g/mol. The van der Waals surface area contributed by atoms with Crippen molar-refractivity contribution in [3.05, 3.63) is 0 Å². The van der Waals surface area contributed by atoms with Gasteiger partial charge in [0.15, 0.2) is 0 Å². The molecule has 3 unspecified atom stereocenters. The maximum atomic E-state index is 11.6. The first-order valence-corrected chi connectivity index (χ1v) is 6.71. The van der Waals surface area contributed by atoms with E-state index >= 15 is 0 Å². The van der Waals surface area contributed by atoms with Crippen LogP contribution in [0.2, 0.25) is 0 Å². The summed E-state index contributed by atoms with van der Waals surface area (Å²) in [6.07, 6.45) is 3.15. The van der Waals surface area contributed by atoms with E-state index in [0.29, 0.717) is 13.1 Å². The summed E-state index contributed by atoms with van der Waals surface area (Å²) >= 11 is 0. The number of piperidine rings is 1. The molecule has 0 saturated carbocycles. The zero-order valence-corrected chi connectivity index (χ0v) is 8.97. The molecular formula is C8H15N3O2S. The number of amides is 1. The summed E-state index contributed by atoms with van der Waals surface area (Å²) in [7, 11) is -2.66. The molecule has 14 heavy (non-hydrogen) atoms. The van der Waals surface area contributed by atoms with Crippen molar-refractivity contribution in [2.45, 2.75) is 18.9 Å². The number of carbonyl (C=O) groups is 1. The van der Waals surface area contributed by atoms with E-state index in [1.807, 2.05) is 0 Å². The number of hydrogen-bond donors (Lipinski definition) is 2. The number of fused-ring (bicyclic) bond motifs is 1. The Morgan fingerprint density at radius 2 is 2.36 bits per heavy atom. The fourth-order valence-corrected chi connectivity index (χ4v) is 3.56. The van der Waals surface area contributed by atoms with Crippen molar-refractivity contribution >= 4 is 15.8 Å². The van der Waals surface area contributed by atoms with Gasteiger partial charge in [0.1, 0.15) is 9.92 Å². The Balaban J connectivity index is 2.25. The van der Waals surface area contributed by atoms with E-state index in [0.717, 1.165) is 12.8 Å². The summed E-state index contributed by atoms with van der Waals surface area (Å²) in [5.74, 6) is 0.0122. The predicted octanol–water partition coefficient (Wildman–Crippen LogP) is -0.212. The van der Waals surface area contributed by atoms with Gasteiger partial charge in [-0.25, -0.2) is 13.3 Å². The second-order valence-corrected chi connectivity index (χ2v) is 6.08. The molecule has 2 aliphatic heterocycles. The monoisotopic (exact) mass is 217 g/mol. The molecule has 0 aromatic rings. The van der Waals surface area contributed by atoms with E-state index < -0.39 is 9.92 Å². The highest BCUT2D eigenvalue weighted by Gasteiger charge is 2.42. The highest BCUT2D eigenvalue weighted by atomic mass is 32.2. The van der Waals surface area contributed by atoms with Crippen LogP contribution in [-0.2, 0) is 14.7 Å². The minimum atomic E-state index is -2.66. The van der Waals surface area contributed by atoms with Gasteiger partial charge in [-0.15, -0.1) is 0 Å². The molecule has 2 fully saturated rings. The Kier molecular flexibility index (Phi) is 2.27. The van der Waals surface area contributed by atoms with Gasteiger partial charge in [0.2, 0.25) is 5.91 Å². The molecule has 6 heteroatoms. The molecule has 0 aromatic carbocycles. The SMILES string of the molecule is CS(=N)(=O)N1CCCC2C(=O)NCC21. The van der Waals surface area contributed by atoms with Gasteiger partial charge < -0.3 is 5.32 Å². The van der Waals surface area contributed by atoms with Gasteiger partial charge in [0.05, 0.1) is 12.0 Å². The van der Waals surface area contributed by atoms with E-state index in [4.69, 9.17) is 4.78 Å². The second kappa shape index (κ2) is 3.20. The number of hydrogen-bond acceptors (Lipinski definition) is 3. The third kappa shape index (κ3) is 1.52. The van der Waals surface area contributed by atoms with E-state index in [1.165, 1.54) is 6.26 Å². The van der Waals surface area contributed by atoms with Crippen LogP contribution in [0.1, 0.15) is 12.8 Å². The molecule has 2 aliphatic rings. The normalized spacial score (nSPS) is 37.4. The molecule has 0 bridgehead atoms. The average Bonchev–Trinajstić information content (AvgIpc) is 2.46. The molecule has 3 atom stereocenters. The number of nitrogens with zero attached hydrogens (tertiary/aromatic N) is 1. The zero-order valence-electron chi connectivity index (χ0n) is 8.16. The van der Waals surface area contributed by atoms with Crippen LogP contribution >= 0.6 is 0 Å². The Labute approximate surface area is 84.0 Å². The van der Waals surface area contributed by atoms with Crippen LogP contribution in [0.5, 0.6) is 0 Å². The largest absolute Gasteiger partial charge is 0.354 e. The Morgan fingerprint density at radius 1 is 1.64 bits per heavy atom. The molecule has 5 nitrogen and oxygen atoms in total. The predicted molar refractivity (Wildman–Crippen MR) is 53.0 cm³/mol. The summed E-state index contributed by atoms with van der Waals surface area (Å²) in [6, 6.07) is -0.0220. The smallest absolute Gasteiger partial charge is 0.224 e. The highest BCUT2D eigenvalue weighted by Crippen LogP contribution is 2.28. The van der Waals surface area contributed by atoms with Gasteiger partial charge in [0.25, 0.3) is 0 Å². The molecule has 1 amide bonds. The van der Waals surface area contributed by atoms with E-state index in [-0.39, 0.29) is 17.9 Å². The number of rotatable bonds is 1. The van der Waals surface area contributed by atoms with Gasteiger partial charge >= 0.3 is 0 Å². The van der Waals surface area contributed by atoms with Crippen molar-refractivity contribution in [1.82, 2.24) is 9.62 Å².